The zero-order chi connectivity index (χ0) is 17.7. The molecule has 128 valence electrons. The van der Waals surface area contributed by atoms with Gasteiger partial charge in [-0.15, -0.1) is 0 Å². The van der Waals surface area contributed by atoms with Crippen molar-refractivity contribution in [2.24, 2.45) is 0 Å². The second-order valence-electron chi connectivity index (χ2n) is 5.43. The van der Waals surface area contributed by atoms with E-state index in [1.807, 2.05) is 24.3 Å². The average Bonchev–Trinajstić information content (AvgIpc) is 2.56. The Morgan fingerprint density at radius 3 is 2.38 bits per heavy atom. The molecule has 24 heavy (non-hydrogen) atoms. The van der Waals surface area contributed by atoms with Crippen molar-refractivity contribution >= 4 is 11.6 Å². The highest BCUT2D eigenvalue weighted by atomic mass is 19.2. The largest absolute Gasteiger partial charge is 0.497 e. The van der Waals surface area contributed by atoms with Crippen LogP contribution in [-0.2, 0) is 11.3 Å². The van der Waals surface area contributed by atoms with Crippen LogP contribution >= 0.6 is 0 Å². The number of anilines is 1. The van der Waals surface area contributed by atoms with Gasteiger partial charge in [-0.25, -0.2) is 13.2 Å². The van der Waals surface area contributed by atoms with Gasteiger partial charge in [0.15, 0.2) is 24.0 Å². The molecule has 1 atom stereocenters. The van der Waals surface area contributed by atoms with Crippen LogP contribution in [0.1, 0.15) is 5.56 Å². The highest BCUT2D eigenvalue weighted by Gasteiger charge is 2.17. The fraction of sp³-hybridized carbons (Fsp3) is 0.235. The number of ether oxygens (including phenoxy) is 1. The lowest BCUT2D eigenvalue weighted by Crippen LogP contribution is -3.08. The molecule has 2 N–H and O–H groups in total. The van der Waals surface area contributed by atoms with Crippen LogP contribution in [0.25, 0.3) is 0 Å². The number of carbonyl (C=O) groups excluding carboxylic acids is 1. The highest BCUT2D eigenvalue weighted by molar-refractivity contribution is 5.91. The van der Waals surface area contributed by atoms with Gasteiger partial charge in [0.25, 0.3) is 5.91 Å². The number of methoxy groups -OCH3 is 1. The van der Waals surface area contributed by atoms with Gasteiger partial charge in [0.2, 0.25) is 0 Å². The van der Waals surface area contributed by atoms with Crippen molar-refractivity contribution in [1.29, 1.82) is 0 Å². The van der Waals surface area contributed by atoms with Crippen LogP contribution < -0.4 is 15.0 Å². The van der Waals surface area contributed by atoms with Gasteiger partial charge in [-0.05, 0) is 36.4 Å². The molecule has 2 aromatic rings. The molecule has 0 heterocycles. The summed E-state index contributed by atoms with van der Waals surface area (Å²) in [5, 5.41) is 2.25. The fourth-order valence-corrected chi connectivity index (χ4v) is 2.25. The van der Waals surface area contributed by atoms with E-state index in [1.54, 1.807) is 14.2 Å². The fourth-order valence-electron chi connectivity index (χ4n) is 2.25. The second kappa shape index (κ2) is 7.83. The smallest absolute Gasteiger partial charge is 0.279 e. The van der Waals surface area contributed by atoms with Crippen molar-refractivity contribution in [2.75, 3.05) is 26.0 Å². The van der Waals surface area contributed by atoms with Crippen LogP contribution in [-0.4, -0.2) is 26.6 Å². The lowest BCUT2D eigenvalue weighted by Gasteiger charge is -2.14. The molecule has 0 aliphatic heterocycles. The number of carbonyl (C=O) groups is 1. The molecule has 0 saturated heterocycles. The van der Waals surface area contributed by atoms with Crippen LogP contribution in [0.15, 0.2) is 36.4 Å². The van der Waals surface area contributed by atoms with Gasteiger partial charge in [0.05, 0.1) is 19.8 Å². The Labute approximate surface area is 137 Å². The van der Waals surface area contributed by atoms with E-state index in [1.165, 1.54) is 0 Å². The number of rotatable bonds is 6. The minimum absolute atomic E-state index is 0.0461. The standard InChI is InChI=1S/C17H17F3N2O2/c1-22(9-11-3-5-12(24-2)6-4-11)10-15(23)21-14-8-7-13(18)16(19)17(14)20/h3-8H,9-10H2,1-2H3,(H,21,23)/p+1. The number of benzene rings is 2. The quantitative estimate of drug-likeness (QED) is 0.788. The number of nitrogens with one attached hydrogen (secondary N) is 2. The number of halogens is 3. The van der Waals surface area contributed by atoms with E-state index >= 15 is 0 Å². The Morgan fingerprint density at radius 2 is 1.75 bits per heavy atom. The summed E-state index contributed by atoms with van der Waals surface area (Å²) in [7, 11) is 3.37. The summed E-state index contributed by atoms with van der Waals surface area (Å²) >= 11 is 0. The molecule has 1 amide bonds. The molecule has 0 aromatic heterocycles. The van der Waals surface area contributed by atoms with Gasteiger partial charge >= 0.3 is 0 Å². The predicted octanol–water partition coefficient (Wildman–Crippen LogP) is 1.77. The SMILES string of the molecule is COc1ccc(C[NH+](C)CC(=O)Nc2ccc(F)c(F)c2F)cc1. The van der Waals surface area contributed by atoms with Gasteiger partial charge in [0.1, 0.15) is 12.3 Å². The van der Waals surface area contributed by atoms with E-state index < -0.39 is 23.4 Å². The summed E-state index contributed by atoms with van der Waals surface area (Å²) in [5.41, 5.74) is 0.622. The third-order valence-electron chi connectivity index (χ3n) is 3.44. The molecule has 2 aromatic carbocycles. The summed E-state index contributed by atoms with van der Waals surface area (Å²) in [6.45, 7) is 0.613. The molecule has 0 bridgehead atoms. The van der Waals surface area contributed by atoms with E-state index in [0.29, 0.717) is 6.54 Å². The van der Waals surface area contributed by atoms with Gasteiger partial charge in [0, 0.05) is 5.56 Å². The maximum Gasteiger partial charge on any atom is 0.279 e. The second-order valence-corrected chi connectivity index (χ2v) is 5.43. The Bertz CT molecular complexity index is 721. The summed E-state index contributed by atoms with van der Waals surface area (Å²) in [5.74, 6) is -4.07. The lowest BCUT2D eigenvalue weighted by molar-refractivity contribution is -0.885. The van der Waals surface area contributed by atoms with Crippen LogP contribution in [0.3, 0.4) is 0 Å². The monoisotopic (exact) mass is 339 g/mol. The minimum Gasteiger partial charge on any atom is -0.497 e. The Morgan fingerprint density at radius 1 is 1.08 bits per heavy atom. The normalized spacial score (nSPS) is 11.9. The minimum atomic E-state index is -1.60. The predicted molar refractivity (Wildman–Crippen MR) is 83.4 cm³/mol. The molecule has 0 aliphatic rings. The zero-order valence-electron chi connectivity index (χ0n) is 13.3. The molecule has 0 radical (unpaired) electrons. The first-order valence-electron chi connectivity index (χ1n) is 7.28. The van der Waals surface area contributed by atoms with E-state index in [9.17, 15) is 18.0 Å². The molecule has 7 heteroatoms. The molecule has 0 spiro atoms. The Balaban J connectivity index is 1.92. The van der Waals surface area contributed by atoms with Crippen LogP contribution in [0.2, 0.25) is 0 Å². The molecule has 0 saturated carbocycles. The van der Waals surface area contributed by atoms with Crippen molar-refractivity contribution in [3.8, 4) is 5.75 Å². The van der Waals surface area contributed by atoms with E-state index in [-0.39, 0.29) is 12.2 Å². The number of amides is 1. The highest BCUT2D eigenvalue weighted by Crippen LogP contribution is 2.19. The number of quaternary nitrogens is 1. The van der Waals surface area contributed by atoms with E-state index in [4.69, 9.17) is 4.74 Å². The van der Waals surface area contributed by atoms with Crippen molar-refractivity contribution in [3.63, 3.8) is 0 Å². The molecule has 2 rings (SSSR count). The lowest BCUT2D eigenvalue weighted by atomic mass is 10.2. The van der Waals surface area contributed by atoms with Crippen LogP contribution in [0.4, 0.5) is 18.9 Å². The van der Waals surface area contributed by atoms with Crippen molar-refractivity contribution in [1.82, 2.24) is 0 Å². The molecule has 4 nitrogen and oxygen atoms in total. The summed E-state index contributed by atoms with van der Waals surface area (Å²) in [6.07, 6.45) is 0. The van der Waals surface area contributed by atoms with Crippen molar-refractivity contribution in [3.05, 3.63) is 59.4 Å². The van der Waals surface area contributed by atoms with Gasteiger partial charge in [-0.3, -0.25) is 4.79 Å². The molecular weight excluding hydrogens is 321 g/mol. The van der Waals surface area contributed by atoms with Crippen LogP contribution in [0.5, 0.6) is 5.75 Å². The molecule has 1 unspecified atom stereocenters. The van der Waals surface area contributed by atoms with Crippen LogP contribution in [0, 0.1) is 17.5 Å². The molecular formula is C17H18F3N2O2+. The number of hydrogen-bond acceptors (Lipinski definition) is 2. The van der Waals surface area contributed by atoms with Gasteiger partial charge in [-0.1, -0.05) is 0 Å². The summed E-state index contributed by atoms with van der Waals surface area (Å²) < 4.78 is 44.6. The number of likely N-dealkylation sites (N-methyl/N-ethyl adjacent to an activating group) is 1. The third-order valence-corrected chi connectivity index (χ3v) is 3.44. The van der Waals surface area contributed by atoms with Crippen molar-refractivity contribution in [2.45, 2.75) is 6.54 Å². The summed E-state index contributed by atoms with van der Waals surface area (Å²) in [6, 6.07) is 9.16. The number of hydrogen-bond donors (Lipinski definition) is 2. The van der Waals surface area contributed by atoms with Crippen molar-refractivity contribution < 1.29 is 27.6 Å². The van der Waals surface area contributed by atoms with Gasteiger partial charge < -0.3 is 15.0 Å². The first kappa shape index (κ1) is 17.8. The maximum absolute atomic E-state index is 13.5. The average molecular weight is 339 g/mol. The Hall–Kier alpha value is -2.54. The summed E-state index contributed by atoms with van der Waals surface area (Å²) in [4.78, 5) is 12.8. The van der Waals surface area contributed by atoms with Gasteiger partial charge in [-0.2, -0.15) is 0 Å². The van der Waals surface area contributed by atoms with E-state index in [2.05, 4.69) is 5.32 Å². The molecule has 0 fully saturated rings. The first-order valence-corrected chi connectivity index (χ1v) is 7.28. The van der Waals surface area contributed by atoms with E-state index in [0.717, 1.165) is 28.3 Å². The maximum atomic E-state index is 13.5. The zero-order valence-corrected chi connectivity index (χ0v) is 13.3. The topological polar surface area (TPSA) is 42.8 Å². The first-order chi connectivity index (χ1) is 11.4. The third kappa shape index (κ3) is 4.48. The Kier molecular flexibility index (Phi) is 5.81. The molecule has 0 aliphatic carbocycles.